The number of aryl methyl sites for hydroxylation is 2. The first kappa shape index (κ1) is 12.7. The summed E-state index contributed by atoms with van der Waals surface area (Å²) in [5, 5.41) is 11.9. The summed E-state index contributed by atoms with van der Waals surface area (Å²) >= 11 is 6.13. The molecule has 0 spiro atoms. The van der Waals surface area contributed by atoms with E-state index >= 15 is 0 Å². The van der Waals surface area contributed by atoms with Gasteiger partial charge in [0.25, 0.3) is 0 Å². The Balaban J connectivity index is 2.29. The van der Waals surface area contributed by atoms with Crippen LogP contribution in [0, 0.1) is 0 Å². The van der Waals surface area contributed by atoms with Gasteiger partial charge in [-0.15, -0.1) is 0 Å². The van der Waals surface area contributed by atoms with Crippen LogP contribution in [0.3, 0.4) is 0 Å². The summed E-state index contributed by atoms with van der Waals surface area (Å²) < 4.78 is 0. The lowest BCUT2D eigenvalue weighted by Crippen LogP contribution is -2.27. The Bertz CT molecular complexity index is 620. The van der Waals surface area contributed by atoms with Gasteiger partial charge in [-0.1, -0.05) is 48.9 Å². The standard InChI is InChI=1S/C17H17ClO/c1-2-17(19)15-6-4-3-5-12(15)7-8-13-9-10-14(18)11-16(13)17/h3-6,9-11,19H,2,7-8H2,1H3. The number of halogens is 1. The minimum Gasteiger partial charge on any atom is -0.380 e. The summed E-state index contributed by atoms with van der Waals surface area (Å²) in [5.74, 6) is 0. The summed E-state index contributed by atoms with van der Waals surface area (Å²) in [6.45, 7) is 2.02. The predicted octanol–water partition coefficient (Wildman–Crippen LogP) is 4.08. The second-order valence-corrected chi connectivity index (χ2v) is 5.61. The highest BCUT2D eigenvalue weighted by molar-refractivity contribution is 6.30. The Kier molecular flexibility index (Phi) is 3.12. The van der Waals surface area contributed by atoms with Crippen molar-refractivity contribution in [1.29, 1.82) is 0 Å². The van der Waals surface area contributed by atoms with Gasteiger partial charge in [0.1, 0.15) is 5.60 Å². The monoisotopic (exact) mass is 272 g/mol. The minimum absolute atomic E-state index is 0.650. The van der Waals surface area contributed by atoms with E-state index in [4.69, 9.17) is 11.6 Å². The van der Waals surface area contributed by atoms with Crippen molar-refractivity contribution < 1.29 is 5.11 Å². The number of aliphatic hydroxyl groups is 1. The molecule has 1 N–H and O–H groups in total. The van der Waals surface area contributed by atoms with Crippen molar-refractivity contribution >= 4 is 11.6 Å². The van der Waals surface area contributed by atoms with Crippen LogP contribution in [0.4, 0.5) is 0 Å². The maximum absolute atomic E-state index is 11.2. The highest BCUT2D eigenvalue weighted by Gasteiger charge is 2.35. The molecule has 19 heavy (non-hydrogen) atoms. The summed E-state index contributed by atoms with van der Waals surface area (Å²) in [5.41, 5.74) is 3.50. The van der Waals surface area contributed by atoms with E-state index < -0.39 is 5.60 Å². The Morgan fingerprint density at radius 3 is 2.47 bits per heavy atom. The zero-order valence-corrected chi connectivity index (χ0v) is 11.7. The third-order valence-corrected chi connectivity index (χ3v) is 4.39. The highest BCUT2D eigenvalue weighted by atomic mass is 35.5. The summed E-state index contributed by atoms with van der Waals surface area (Å²) in [7, 11) is 0. The van der Waals surface area contributed by atoms with Gasteiger partial charge in [-0.2, -0.15) is 0 Å². The fourth-order valence-electron chi connectivity index (χ4n) is 3.09. The first-order valence-corrected chi connectivity index (χ1v) is 7.12. The van der Waals surface area contributed by atoms with E-state index in [0.29, 0.717) is 11.4 Å². The Morgan fingerprint density at radius 2 is 1.74 bits per heavy atom. The van der Waals surface area contributed by atoms with Gasteiger partial charge in [0, 0.05) is 5.02 Å². The van der Waals surface area contributed by atoms with E-state index in [0.717, 1.165) is 24.0 Å². The van der Waals surface area contributed by atoms with Gasteiger partial charge in [0.2, 0.25) is 0 Å². The lowest BCUT2D eigenvalue weighted by atomic mass is 9.81. The number of rotatable bonds is 1. The van der Waals surface area contributed by atoms with Crippen LogP contribution in [0.15, 0.2) is 42.5 Å². The fraction of sp³-hybridized carbons (Fsp3) is 0.294. The molecule has 0 aliphatic heterocycles. The van der Waals surface area contributed by atoms with Crippen molar-refractivity contribution in [2.24, 2.45) is 0 Å². The molecule has 1 aliphatic carbocycles. The molecule has 1 atom stereocenters. The molecule has 0 aromatic heterocycles. The summed E-state index contributed by atoms with van der Waals surface area (Å²) in [4.78, 5) is 0. The molecule has 3 rings (SSSR count). The van der Waals surface area contributed by atoms with Gasteiger partial charge >= 0.3 is 0 Å². The van der Waals surface area contributed by atoms with E-state index in [1.54, 1.807) is 0 Å². The molecular weight excluding hydrogens is 256 g/mol. The molecule has 0 saturated heterocycles. The van der Waals surface area contributed by atoms with Gasteiger partial charge in [-0.05, 0) is 53.6 Å². The third-order valence-electron chi connectivity index (χ3n) is 4.16. The second kappa shape index (κ2) is 4.66. The quantitative estimate of drug-likeness (QED) is 0.829. The maximum Gasteiger partial charge on any atom is 0.115 e. The number of benzene rings is 2. The molecule has 0 radical (unpaired) electrons. The average molecular weight is 273 g/mol. The number of fused-ring (bicyclic) bond motifs is 2. The van der Waals surface area contributed by atoms with Crippen molar-refractivity contribution in [2.45, 2.75) is 31.8 Å². The normalized spacial score (nSPS) is 21.4. The molecule has 0 amide bonds. The van der Waals surface area contributed by atoms with Crippen molar-refractivity contribution in [1.82, 2.24) is 0 Å². The van der Waals surface area contributed by atoms with Crippen LogP contribution in [-0.2, 0) is 18.4 Å². The van der Waals surface area contributed by atoms with Gasteiger partial charge in [-0.3, -0.25) is 0 Å². The topological polar surface area (TPSA) is 20.2 Å². The third kappa shape index (κ3) is 1.98. The van der Waals surface area contributed by atoms with Gasteiger partial charge in [0.05, 0.1) is 0 Å². The predicted molar refractivity (Wildman–Crippen MR) is 78.6 cm³/mol. The van der Waals surface area contributed by atoms with Gasteiger partial charge in [-0.25, -0.2) is 0 Å². The molecule has 0 saturated carbocycles. The second-order valence-electron chi connectivity index (χ2n) is 5.17. The average Bonchev–Trinajstić information content (AvgIpc) is 2.56. The van der Waals surface area contributed by atoms with Crippen LogP contribution < -0.4 is 0 Å². The molecule has 2 aromatic carbocycles. The summed E-state index contributed by atoms with van der Waals surface area (Å²) in [6, 6.07) is 14.1. The van der Waals surface area contributed by atoms with Crippen LogP contribution in [0.1, 0.15) is 35.6 Å². The van der Waals surface area contributed by atoms with E-state index in [9.17, 15) is 5.11 Å². The fourth-order valence-corrected chi connectivity index (χ4v) is 3.26. The summed E-state index contributed by atoms with van der Waals surface area (Å²) in [6.07, 6.45) is 2.57. The van der Waals surface area contributed by atoms with Crippen LogP contribution in [-0.4, -0.2) is 5.11 Å². The molecule has 2 heteroatoms. The molecule has 1 aliphatic rings. The largest absolute Gasteiger partial charge is 0.380 e. The van der Waals surface area contributed by atoms with Crippen molar-refractivity contribution in [3.63, 3.8) is 0 Å². The van der Waals surface area contributed by atoms with Crippen molar-refractivity contribution in [3.8, 4) is 0 Å². The Labute approximate surface area is 118 Å². The van der Waals surface area contributed by atoms with E-state index in [1.165, 1.54) is 11.1 Å². The molecule has 0 bridgehead atoms. The first-order chi connectivity index (χ1) is 9.15. The first-order valence-electron chi connectivity index (χ1n) is 6.75. The molecular formula is C17H17ClO. The molecule has 1 unspecified atom stereocenters. The van der Waals surface area contributed by atoms with Crippen LogP contribution in [0.5, 0.6) is 0 Å². The van der Waals surface area contributed by atoms with Crippen LogP contribution in [0.2, 0.25) is 5.02 Å². The number of hydrogen-bond donors (Lipinski definition) is 1. The van der Waals surface area contributed by atoms with Gasteiger partial charge < -0.3 is 5.11 Å². The lowest BCUT2D eigenvalue weighted by Gasteiger charge is -2.30. The van der Waals surface area contributed by atoms with Crippen molar-refractivity contribution in [2.75, 3.05) is 0 Å². The van der Waals surface area contributed by atoms with E-state index in [2.05, 4.69) is 6.07 Å². The van der Waals surface area contributed by atoms with Gasteiger partial charge in [0.15, 0.2) is 0 Å². The minimum atomic E-state index is -0.923. The Hall–Kier alpha value is -1.31. The smallest absolute Gasteiger partial charge is 0.115 e. The zero-order chi connectivity index (χ0) is 13.5. The van der Waals surface area contributed by atoms with Crippen LogP contribution in [0.25, 0.3) is 0 Å². The highest BCUT2D eigenvalue weighted by Crippen LogP contribution is 2.40. The van der Waals surface area contributed by atoms with Crippen molar-refractivity contribution in [3.05, 3.63) is 69.7 Å². The lowest BCUT2D eigenvalue weighted by molar-refractivity contribution is 0.0759. The Morgan fingerprint density at radius 1 is 1.05 bits per heavy atom. The molecule has 2 aromatic rings. The van der Waals surface area contributed by atoms with E-state index in [1.807, 2.05) is 43.3 Å². The van der Waals surface area contributed by atoms with E-state index in [-0.39, 0.29) is 0 Å². The number of hydrogen-bond acceptors (Lipinski definition) is 1. The molecule has 0 heterocycles. The maximum atomic E-state index is 11.2. The molecule has 1 nitrogen and oxygen atoms in total. The zero-order valence-electron chi connectivity index (χ0n) is 11.0. The molecule has 0 fully saturated rings. The van der Waals surface area contributed by atoms with Crippen LogP contribution >= 0.6 is 11.6 Å². The SMILES string of the molecule is CCC1(O)c2ccccc2CCc2ccc(Cl)cc21. The molecule has 98 valence electrons.